The van der Waals surface area contributed by atoms with E-state index in [9.17, 15) is 18.0 Å². The summed E-state index contributed by atoms with van der Waals surface area (Å²) in [5.74, 6) is -0.703. The Balaban J connectivity index is 2.34. The number of carbonyl (C=O) groups excluding carboxylic acids is 2. The van der Waals surface area contributed by atoms with E-state index < -0.39 is 22.0 Å². The van der Waals surface area contributed by atoms with Crippen LogP contribution < -0.4 is 9.62 Å². The van der Waals surface area contributed by atoms with E-state index in [2.05, 4.69) is 5.32 Å². The van der Waals surface area contributed by atoms with Crippen LogP contribution in [0.1, 0.15) is 37.5 Å². The van der Waals surface area contributed by atoms with Crippen LogP contribution in [0, 0.1) is 13.8 Å². The molecular weight excluding hydrogens is 438 g/mol. The molecule has 2 amide bonds. The molecule has 1 N–H and O–H groups in total. The smallest absolute Gasteiger partial charge is 0.244 e. The van der Waals surface area contributed by atoms with Gasteiger partial charge in [0.05, 0.1) is 11.9 Å². The summed E-state index contributed by atoms with van der Waals surface area (Å²) in [6.07, 6.45) is 1.63. The van der Waals surface area contributed by atoms with Gasteiger partial charge in [0.25, 0.3) is 0 Å². The van der Waals surface area contributed by atoms with Crippen LogP contribution in [0.4, 0.5) is 5.69 Å². The molecule has 0 heterocycles. The van der Waals surface area contributed by atoms with Crippen LogP contribution in [-0.2, 0) is 26.0 Å². The third-order valence-corrected chi connectivity index (χ3v) is 6.40. The average Bonchev–Trinajstić information content (AvgIpc) is 2.70. The van der Waals surface area contributed by atoms with Crippen LogP contribution in [0.15, 0.2) is 48.5 Å². The van der Waals surface area contributed by atoms with Gasteiger partial charge in [-0.2, -0.15) is 0 Å². The number of nitrogens with one attached hydrogen (secondary N) is 1. The van der Waals surface area contributed by atoms with Gasteiger partial charge in [0.2, 0.25) is 21.8 Å². The summed E-state index contributed by atoms with van der Waals surface area (Å²) in [5, 5.41) is 2.84. The van der Waals surface area contributed by atoms with Crippen molar-refractivity contribution in [3.05, 3.63) is 65.2 Å². The molecule has 180 valence electrons. The Labute approximate surface area is 197 Å². The largest absolute Gasteiger partial charge is 0.352 e. The molecule has 0 unspecified atom stereocenters. The molecule has 0 aliphatic heterocycles. The maximum absolute atomic E-state index is 13.4. The van der Waals surface area contributed by atoms with Gasteiger partial charge in [-0.1, -0.05) is 36.4 Å². The highest BCUT2D eigenvalue weighted by Crippen LogP contribution is 2.22. The van der Waals surface area contributed by atoms with Gasteiger partial charge in [0, 0.05) is 12.6 Å². The summed E-state index contributed by atoms with van der Waals surface area (Å²) in [6.45, 7) is 9.04. The number of aryl methyl sites for hydroxylation is 2. The van der Waals surface area contributed by atoms with Gasteiger partial charge in [0.15, 0.2) is 0 Å². The van der Waals surface area contributed by atoms with Gasteiger partial charge in [-0.15, -0.1) is 0 Å². The van der Waals surface area contributed by atoms with Gasteiger partial charge >= 0.3 is 0 Å². The van der Waals surface area contributed by atoms with Crippen molar-refractivity contribution in [1.29, 1.82) is 0 Å². The molecule has 1 atom stereocenters. The van der Waals surface area contributed by atoms with Crippen molar-refractivity contribution in [1.82, 2.24) is 10.2 Å². The third kappa shape index (κ3) is 7.89. The van der Waals surface area contributed by atoms with Crippen LogP contribution >= 0.6 is 0 Å². The van der Waals surface area contributed by atoms with Gasteiger partial charge in [-0.05, 0) is 69.9 Å². The Morgan fingerprint density at radius 2 is 1.55 bits per heavy atom. The fourth-order valence-corrected chi connectivity index (χ4v) is 4.52. The number of sulfonamides is 1. The minimum atomic E-state index is -3.73. The quantitative estimate of drug-likeness (QED) is 0.575. The monoisotopic (exact) mass is 473 g/mol. The first kappa shape index (κ1) is 26.4. The number of nitrogens with zero attached hydrogens (tertiary/aromatic N) is 2. The van der Waals surface area contributed by atoms with E-state index in [0.29, 0.717) is 18.7 Å². The lowest BCUT2D eigenvalue weighted by Gasteiger charge is -2.32. The molecule has 0 spiro atoms. The van der Waals surface area contributed by atoms with Crippen molar-refractivity contribution in [2.24, 2.45) is 0 Å². The first-order valence-corrected chi connectivity index (χ1v) is 12.9. The summed E-state index contributed by atoms with van der Waals surface area (Å²) in [5.41, 5.74) is 3.26. The van der Waals surface area contributed by atoms with E-state index in [1.807, 2.05) is 64.1 Å². The van der Waals surface area contributed by atoms with Crippen molar-refractivity contribution >= 4 is 27.5 Å². The molecule has 0 aliphatic rings. The molecule has 2 aromatic rings. The van der Waals surface area contributed by atoms with Gasteiger partial charge < -0.3 is 10.2 Å². The highest BCUT2D eigenvalue weighted by molar-refractivity contribution is 7.92. The molecule has 0 aliphatic carbocycles. The highest BCUT2D eigenvalue weighted by Gasteiger charge is 2.30. The predicted molar refractivity (Wildman–Crippen MR) is 133 cm³/mol. The second-order valence-electron chi connectivity index (χ2n) is 8.78. The lowest BCUT2D eigenvalue weighted by molar-refractivity contribution is -0.139. The van der Waals surface area contributed by atoms with E-state index in [1.165, 1.54) is 4.90 Å². The number of amides is 2. The van der Waals surface area contributed by atoms with Crippen molar-refractivity contribution in [2.45, 2.75) is 53.1 Å². The number of benzene rings is 2. The maximum atomic E-state index is 13.4. The van der Waals surface area contributed by atoms with Crippen molar-refractivity contribution < 1.29 is 18.0 Å². The highest BCUT2D eigenvalue weighted by atomic mass is 32.2. The van der Waals surface area contributed by atoms with E-state index in [0.717, 1.165) is 27.3 Å². The van der Waals surface area contributed by atoms with E-state index in [4.69, 9.17) is 0 Å². The first-order chi connectivity index (χ1) is 15.4. The third-order valence-electron chi connectivity index (χ3n) is 5.26. The van der Waals surface area contributed by atoms with E-state index >= 15 is 0 Å². The standard InChI is InChI=1S/C25H35N3O4S/c1-18(2)26-25(30)21(5)27(13-12-22-10-8-7-9-11-22)24(29)17-28(33(6,31)32)23-15-19(3)14-20(4)16-23/h7-11,14-16,18,21H,12-13,17H2,1-6H3,(H,26,30)/t21-/m1/s1. The van der Waals surface area contributed by atoms with Gasteiger partial charge in [-0.25, -0.2) is 8.42 Å². The molecule has 0 saturated carbocycles. The Morgan fingerprint density at radius 1 is 0.970 bits per heavy atom. The number of carbonyl (C=O) groups is 2. The van der Waals surface area contributed by atoms with E-state index in [1.54, 1.807) is 19.1 Å². The zero-order valence-electron chi connectivity index (χ0n) is 20.3. The summed E-state index contributed by atoms with van der Waals surface area (Å²) >= 11 is 0. The normalized spacial score (nSPS) is 12.3. The maximum Gasteiger partial charge on any atom is 0.244 e. The first-order valence-electron chi connectivity index (χ1n) is 11.1. The summed E-state index contributed by atoms with van der Waals surface area (Å²) in [7, 11) is -3.73. The molecule has 0 aromatic heterocycles. The number of anilines is 1. The Hall–Kier alpha value is -2.87. The Bertz CT molecular complexity index is 1050. The van der Waals surface area contributed by atoms with Crippen molar-refractivity contribution in [3.8, 4) is 0 Å². The molecule has 8 heteroatoms. The van der Waals surface area contributed by atoms with Crippen LogP contribution in [0.3, 0.4) is 0 Å². The minimum Gasteiger partial charge on any atom is -0.352 e. The number of hydrogen-bond acceptors (Lipinski definition) is 4. The molecule has 0 bridgehead atoms. The van der Waals surface area contributed by atoms with E-state index in [-0.39, 0.29) is 18.5 Å². The molecule has 0 fully saturated rings. The second-order valence-corrected chi connectivity index (χ2v) is 10.7. The Kier molecular flexibility index (Phi) is 9.05. The number of rotatable bonds is 10. The lowest BCUT2D eigenvalue weighted by Crippen LogP contribution is -2.53. The summed E-state index contributed by atoms with van der Waals surface area (Å²) in [6, 6.07) is 14.3. The average molecular weight is 474 g/mol. The summed E-state index contributed by atoms with van der Waals surface area (Å²) in [4.78, 5) is 27.6. The molecule has 33 heavy (non-hydrogen) atoms. The Morgan fingerprint density at radius 3 is 2.06 bits per heavy atom. The SMILES string of the molecule is Cc1cc(C)cc(N(CC(=O)N(CCc2ccccc2)[C@H](C)C(=O)NC(C)C)S(C)(=O)=O)c1. The topological polar surface area (TPSA) is 86.8 Å². The zero-order valence-corrected chi connectivity index (χ0v) is 21.1. The van der Waals surface area contributed by atoms with Gasteiger partial charge in [-0.3, -0.25) is 13.9 Å². The number of hydrogen-bond donors (Lipinski definition) is 1. The fourth-order valence-electron chi connectivity index (χ4n) is 3.68. The zero-order chi connectivity index (χ0) is 24.8. The van der Waals surface area contributed by atoms with Crippen LogP contribution in [0.25, 0.3) is 0 Å². The molecule has 2 rings (SSSR count). The molecular formula is C25H35N3O4S. The predicted octanol–water partition coefficient (Wildman–Crippen LogP) is 3.05. The van der Waals surface area contributed by atoms with Crippen molar-refractivity contribution in [2.75, 3.05) is 23.7 Å². The minimum absolute atomic E-state index is 0.0752. The lowest BCUT2D eigenvalue weighted by atomic mass is 10.1. The van der Waals surface area contributed by atoms with Crippen LogP contribution in [0.2, 0.25) is 0 Å². The second kappa shape index (κ2) is 11.3. The summed E-state index contributed by atoms with van der Waals surface area (Å²) < 4.78 is 26.3. The van der Waals surface area contributed by atoms with Crippen LogP contribution in [-0.4, -0.2) is 56.6 Å². The van der Waals surface area contributed by atoms with Gasteiger partial charge in [0.1, 0.15) is 12.6 Å². The molecule has 0 saturated heterocycles. The molecule has 7 nitrogen and oxygen atoms in total. The molecule has 0 radical (unpaired) electrons. The molecule has 2 aromatic carbocycles. The fraction of sp³-hybridized carbons (Fsp3) is 0.440. The van der Waals surface area contributed by atoms with Crippen molar-refractivity contribution in [3.63, 3.8) is 0 Å². The van der Waals surface area contributed by atoms with Crippen LogP contribution in [0.5, 0.6) is 0 Å².